The number of urea groups is 1. The third-order valence-corrected chi connectivity index (χ3v) is 4.26. The molecule has 0 spiro atoms. The van der Waals surface area contributed by atoms with Gasteiger partial charge in [-0.05, 0) is 44.4 Å². The molecule has 25 heavy (non-hydrogen) atoms. The maximum absolute atomic E-state index is 12.4. The summed E-state index contributed by atoms with van der Waals surface area (Å²) in [6.07, 6.45) is 0.710. The Morgan fingerprint density at radius 3 is 2.64 bits per heavy atom. The first-order chi connectivity index (χ1) is 11.9. The molecule has 7 nitrogen and oxygen atoms in total. The van der Waals surface area contributed by atoms with E-state index in [1.807, 2.05) is 38.1 Å². The molecule has 3 amide bonds. The smallest absolute Gasteiger partial charge is 0.317 e. The molecule has 3 N–H and O–H groups in total. The van der Waals surface area contributed by atoms with Crippen molar-refractivity contribution in [1.29, 1.82) is 0 Å². The van der Waals surface area contributed by atoms with Crippen molar-refractivity contribution >= 4 is 11.9 Å². The molecule has 1 aliphatic rings. The fourth-order valence-electron chi connectivity index (χ4n) is 2.82. The van der Waals surface area contributed by atoms with Gasteiger partial charge in [0.05, 0.1) is 19.8 Å². The lowest BCUT2D eigenvalue weighted by atomic mass is 10.1. The first-order valence-electron chi connectivity index (χ1n) is 8.52. The van der Waals surface area contributed by atoms with Gasteiger partial charge in [0.2, 0.25) is 5.91 Å². The van der Waals surface area contributed by atoms with E-state index in [0.29, 0.717) is 6.54 Å². The van der Waals surface area contributed by atoms with E-state index in [4.69, 9.17) is 15.2 Å². The molecule has 3 atom stereocenters. The normalized spacial score (nSPS) is 21.5. The quantitative estimate of drug-likeness (QED) is 0.809. The number of carbonyl (C=O) groups excluding carboxylic acids is 2. The zero-order valence-corrected chi connectivity index (χ0v) is 15.0. The molecule has 0 unspecified atom stereocenters. The standard InChI is InChI=1S/C18H27N3O4/c1-12(4-5-14-6-8-15(24-3)9-7-14)20-18(23)21-10-13(2)25-16(11-21)17(19)22/h6-9,12-13,16H,4-5,10-11H2,1-3H3,(H2,19,22)(H,20,23)/t12-,13+,16+/m0/s1. The van der Waals surface area contributed by atoms with Crippen LogP contribution in [0.2, 0.25) is 0 Å². The summed E-state index contributed by atoms with van der Waals surface area (Å²) in [5.74, 6) is 0.285. The Kier molecular flexibility index (Phi) is 6.64. The molecule has 1 saturated heterocycles. The van der Waals surface area contributed by atoms with Gasteiger partial charge in [0.25, 0.3) is 0 Å². The van der Waals surface area contributed by atoms with Crippen LogP contribution in [0, 0.1) is 0 Å². The minimum absolute atomic E-state index is 0.0137. The zero-order valence-electron chi connectivity index (χ0n) is 15.0. The summed E-state index contributed by atoms with van der Waals surface area (Å²) < 4.78 is 10.6. The second kappa shape index (κ2) is 8.71. The van der Waals surface area contributed by atoms with Crippen LogP contribution in [0.15, 0.2) is 24.3 Å². The number of methoxy groups -OCH3 is 1. The average molecular weight is 349 g/mol. The topological polar surface area (TPSA) is 93.9 Å². The molecule has 2 rings (SSSR count). The van der Waals surface area contributed by atoms with Crippen LogP contribution in [0.4, 0.5) is 4.79 Å². The van der Waals surface area contributed by atoms with Crippen LogP contribution >= 0.6 is 0 Å². The van der Waals surface area contributed by atoms with Crippen molar-refractivity contribution in [1.82, 2.24) is 10.2 Å². The number of benzene rings is 1. The molecule has 0 aliphatic carbocycles. The van der Waals surface area contributed by atoms with Crippen molar-refractivity contribution in [3.63, 3.8) is 0 Å². The van der Waals surface area contributed by atoms with E-state index in [1.165, 1.54) is 5.56 Å². The molecule has 0 saturated carbocycles. The van der Waals surface area contributed by atoms with Gasteiger partial charge in [-0.1, -0.05) is 12.1 Å². The number of aryl methyl sites for hydroxylation is 1. The fourth-order valence-corrected chi connectivity index (χ4v) is 2.82. The lowest BCUT2D eigenvalue weighted by molar-refractivity contribution is -0.139. The van der Waals surface area contributed by atoms with Crippen LogP contribution in [0.3, 0.4) is 0 Å². The number of nitrogens with two attached hydrogens (primary N) is 1. The SMILES string of the molecule is COc1ccc(CC[C@H](C)NC(=O)N2C[C@@H](C)O[C@@H](C(N)=O)C2)cc1. The number of primary amides is 1. The number of rotatable bonds is 6. The fraction of sp³-hybridized carbons (Fsp3) is 0.556. The Morgan fingerprint density at radius 2 is 2.04 bits per heavy atom. The van der Waals surface area contributed by atoms with Gasteiger partial charge < -0.3 is 25.4 Å². The molecule has 1 aromatic rings. The molecular weight excluding hydrogens is 322 g/mol. The Bertz CT molecular complexity index is 590. The number of ether oxygens (including phenoxy) is 2. The maximum atomic E-state index is 12.4. The van der Waals surface area contributed by atoms with Crippen LogP contribution < -0.4 is 15.8 Å². The number of nitrogens with one attached hydrogen (secondary N) is 1. The van der Waals surface area contributed by atoms with E-state index in [-0.39, 0.29) is 24.7 Å². The van der Waals surface area contributed by atoms with Crippen molar-refractivity contribution in [2.24, 2.45) is 5.73 Å². The Labute approximate surface area is 148 Å². The van der Waals surface area contributed by atoms with Crippen molar-refractivity contribution in [2.75, 3.05) is 20.2 Å². The predicted octanol–water partition coefficient (Wildman–Crippen LogP) is 1.30. The average Bonchev–Trinajstić information content (AvgIpc) is 2.59. The van der Waals surface area contributed by atoms with Gasteiger partial charge in [-0.25, -0.2) is 4.79 Å². The lowest BCUT2D eigenvalue weighted by Crippen LogP contribution is -2.56. The molecule has 138 valence electrons. The zero-order chi connectivity index (χ0) is 18.4. The highest BCUT2D eigenvalue weighted by molar-refractivity contribution is 5.81. The van der Waals surface area contributed by atoms with Crippen molar-refractivity contribution < 1.29 is 19.1 Å². The maximum Gasteiger partial charge on any atom is 0.317 e. The second-order valence-electron chi connectivity index (χ2n) is 6.48. The molecule has 1 aromatic carbocycles. The van der Waals surface area contributed by atoms with E-state index in [0.717, 1.165) is 18.6 Å². The van der Waals surface area contributed by atoms with Gasteiger partial charge in [-0.15, -0.1) is 0 Å². The summed E-state index contributed by atoms with van der Waals surface area (Å²) in [5, 5.41) is 2.98. The summed E-state index contributed by atoms with van der Waals surface area (Å²) in [6.45, 7) is 4.43. The van der Waals surface area contributed by atoms with Crippen LogP contribution in [-0.2, 0) is 16.0 Å². The lowest BCUT2D eigenvalue weighted by Gasteiger charge is -2.36. The molecule has 1 aliphatic heterocycles. The van der Waals surface area contributed by atoms with E-state index in [1.54, 1.807) is 12.0 Å². The molecule has 1 fully saturated rings. The number of morpholine rings is 1. The number of hydrogen-bond acceptors (Lipinski definition) is 4. The van der Waals surface area contributed by atoms with Crippen molar-refractivity contribution in [2.45, 2.75) is 44.9 Å². The van der Waals surface area contributed by atoms with E-state index >= 15 is 0 Å². The van der Waals surface area contributed by atoms with Crippen molar-refractivity contribution in [3.8, 4) is 5.75 Å². The number of amides is 3. The third-order valence-electron chi connectivity index (χ3n) is 4.26. The van der Waals surface area contributed by atoms with Crippen LogP contribution in [-0.4, -0.2) is 55.3 Å². The van der Waals surface area contributed by atoms with E-state index < -0.39 is 12.0 Å². The molecule has 0 radical (unpaired) electrons. The van der Waals surface area contributed by atoms with Gasteiger partial charge in [0.15, 0.2) is 6.10 Å². The van der Waals surface area contributed by atoms with E-state index in [2.05, 4.69) is 5.32 Å². The highest BCUT2D eigenvalue weighted by Crippen LogP contribution is 2.14. The minimum atomic E-state index is -0.746. The highest BCUT2D eigenvalue weighted by atomic mass is 16.5. The minimum Gasteiger partial charge on any atom is -0.497 e. The Hall–Kier alpha value is -2.28. The summed E-state index contributed by atoms with van der Waals surface area (Å²) in [4.78, 5) is 25.3. The molecule has 7 heteroatoms. The molecule has 1 heterocycles. The predicted molar refractivity (Wildman–Crippen MR) is 94.4 cm³/mol. The number of nitrogens with zero attached hydrogens (tertiary/aromatic N) is 1. The third kappa shape index (κ3) is 5.63. The van der Waals surface area contributed by atoms with E-state index in [9.17, 15) is 9.59 Å². The number of hydrogen-bond donors (Lipinski definition) is 2. The summed E-state index contributed by atoms with van der Waals surface area (Å²) >= 11 is 0. The summed E-state index contributed by atoms with van der Waals surface area (Å²) in [5.41, 5.74) is 6.49. The van der Waals surface area contributed by atoms with Crippen molar-refractivity contribution in [3.05, 3.63) is 29.8 Å². The van der Waals surface area contributed by atoms with Crippen LogP contribution in [0.5, 0.6) is 5.75 Å². The van der Waals surface area contributed by atoms with Gasteiger partial charge in [0, 0.05) is 12.6 Å². The molecule has 0 aromatic heterocycles. The highest BCUT2D eigenvalue weighted by Gasteiger charge is 2.31. The molecular formula is C18H27N3O4. The van der Waals surface area contributed by atoms with Crippen LogP contribution in [0.25, 0.3) is 0 Å². The van der Waals surface area contributed by atoms with Gasteiger partial charge >= 0.3 is 6.03 Å². The van der Waals surface area contributed by atoms with Gasteiger partial charge in [-0.3, -0.25) is 4.79 Å². The van der Waals surface area contributed by atoms with Gasteiger partial charge in [-0.2, -0.15) is 0 Å². The Balaban J connectivity index is 1.81. The monoisotopic (exact) mass is 349 g/mol. The molecule has 0 bridgehead atoms. The summed E-state index contributed by atoms with van der Waals surface area (Å²) in [6, 6.07) is 7.72. The first kappa shape index (κ1) is 19.1. The van der Waals surface area contributed by atoms with Gasteiger partial charge in [0.1, 0.15) is 5.75 Å². The summed E-state index contributed by atoms with van der Waals surface area (Å²) in [7, 11) is 1.64. The first-order valence-corrected chi connectivity index (χ1v) is 8.52. The number of carbonyl (C=O) groups is 2. The second-order valence-corrected chi connectivity index (χ2v) is 6.48. The Morgan fingerprint density at radius 1 is 1.36 bits per heavy atom. The largest absolute Gasteiger partial charge is 0.497 e. The van der Waals surface area contributed by atoms with Crippen LogP contribution in [0.1, 0.15) is 25.8 Å².